The summed E-state index contributed by atoms with van der Waals surface area (Å²) < 4.78 is 10.2. The number of nitrogens with zero attached hydrogens (tertiary/aromatic N) is 4. The van der Waals surface area contributed by atoms with Crippen molar-refractivity contribution in [1.29, 1.82) is 0 Å². The van der Waals surface area contributed by atoms with Crippen LogP contribution in [-0.4, -0.2) is 25.6 Å². The molecule has 0 saturated heterocycles. The van der Waals surface area contributed by atoms with Gasteiger partial charge in [0.2, 0.25) is 0 Å². The third kappa shape index (κ3) is 3.02. The fraction of sp³-hybridized carbons (Fsp3) is 0.138. The van der Waals surface area contributed by atoms with Crippen LogP contribution in [0, 0.1) is 6.92 Å². The lowest BCUT2D eigenvalue weighted by Crippen LogP contribution is -2.36. The van der Waals surface area contributed by atoms with Gasteiger partial charge in [0.15, 0.2) is 0 Å². The van der Waals surface area contributed by atoms with Crippen LogP contribution < -0.4 is 16.0 Å². The Labute approximate surface area is 206 Å². The summed E-state index contributed by atoms with van der Waals surface area (Å²) in [5.74, 6) is 0.734. The molecular weight excluding hydrogens is 452 g/mol. The molecule has 3 aromatic heterocycles. The number of rotatable bonds is 3. The average molecular weight is 477 g/mol. The Kier molecular flexibility index (Phi) is 4.83. The smallest absolute Gasteiger partial charge is 0.331 e. The maximum absolute atomic E-state index is 13.7. The van der Waals surface area contributed by atoms with Crippen LogP contribution in [0.5, 0.6) is 5.75 Å². The van der Waals surface area contributed by atoms with Crippen LogP contribution in [0.2, 0.25) is 0 Å². The molecule has 0 aliphatic heterocycles. The number of hydrogen-bond donors (Lipinski definition) is 0. The molecule has 0 aliphatic rings. The molecule has 7 nitrogen and oxygen atoms in total. The van der Waals surface area contributed by atoms with E-state index in [2.05, 4.69) is 4.40 Å². The molecule has 7 heteroatoms. The average Bonchev–Trinajstić information content (AvgIpc) is 3.27. The molecule has 0 amide bonds. The topological polar surface area (TPSA) is 70.5 Å². The monoisotopic (exact) mass is 476 g/mol. The van der Waals surface area contributed by atoms with Crippen molar-refractivity contribution in [2.24, 2.45) is 14.1 Å². The van der Waals surface area contributed by atoms with Gasteiger partial charge in [-0.05, 0) is 48.9 Å². The lowest BCUT2D eigenvalue weighted by molar-refractivity contribution is 0.415. The third-order valence-corrected chi connectivity index (χ3v) is 6.84. The third-order valence-electron chi connectivity index (χ3n) is 6.84. The van der Waals surface area contributed by atoms with Crippen LogP contribution in [-0.2, 0) is 14.1 Å². The Bertz CT molecular complexity index is 1930. The van der Waals surface area contributed by atoms with Crippen LogP contribution in [0.15, 0.2) is 82.4 Å². The van der Waals surface area contributed by atoms with Gasteiger partial charge < -0.3 is 9.14 Å². The fourth-order valence-corrected chi connectivity index (χ4v) is 4.98. The van der Waals surface area contributed by atoms with Gasteiger partial charge in [0.25, 0.3) is 5.56 Å². The lowest BCUT2D eigenvalue weighted by atomic mass is 10.1. The van der Waals surface area contributed by atoms with E-state index in [-0.39, 0.29) is 11.2 Å². The molecule has 0 spiro atoms. The number of fused-ring (bicyclic) bond motifs is 5. The highest BCUT2D eigenvalue weighted by atomic mass is 16.5. The second-order valence-corrected chi connectivity index (χ2v) is 9.01. The molecule has 0 aliphatic carbocycles. The van der Waals surface area contributed by atoms with Crippen LogP contribution in [0.4, 0.5) is 0 Å². The van der Waals surface area contributed by atoms with Crippen molar-refractivity contribution in [1.82, 2.24) is 18.5 Å². The molecule has 3 aromatic carbocycles. The minimum atomic E-state index is -0.385. The van der Waals surface area contributed by atoms with Gasteiger partial charge in [0.1, 0.15) is 5.75 Å². The van der Waals surface area contributed by atoms with Gasteiger partial charge >= 0.3 is 5.69 Å². The van der Waals surface area contributed by atoms with Crippen LogP contribution >= 0.6 is 0 Å². The highest BCUT2D eigenvalue weighted by Crippen LogP contribution is 2.39. The standard InChI is InChI=1S/C29H24N4O3/c1-17-9-11-19(12-10-17)25-23-26(31(2)29(35)32(3)28(23)34)27-24(18-13-15-20(36-4)16-14-18)30-21-7-5-6-8-22(21)33(25)27/h5-16H,1-4H3. The summed E-state index contributed by atoms with van der Waals surface area (Å²) in [5, 5.41) is 0.483. The fourth-order valence-electron chi connectivity index (χ4n) is 4.98. The van der Waals surface area contributed by atoms with E-state index in [9.17, 15) is 9.59 Å². The first-order valence-corrected chi connectivity index (χ1v) is 11.6. The van der Waals surface area contributed by atoms with E-state index in [1.807, 2.05) is 79.7 Å². The van der Waals surface area contributed by atoms with Crippen LogP contribution in [0.1, 0.15) is 5.56 Å². The maximum Gasteiger partial charge on any atom is 0.331 e. The molecule has 0 fully saturated rings. The van der Waals surface area contributed by atoms with Crippen molar-refractivity contribution in [2.75, 3.05) is 7.11 Å². The van der Waals surface area contributed by atoms with Crippen molar-refractivity contribution >= 4 is 27.5 Å². The molecule has 36 heavy (non-hydrogen) atoms. The Hall–Kier alpha value is -4.65. The van der Waals surface area contributed by atoms with Crippen LogP contribution in [0.25, 0.3) is 50.0 Å². The zero-order valence-electron chi connectivity index (χ0n) is 20.4. The lowest BCUT2D eigenvalue weighted by Gasteiger charge is -2.12. The highest BCUT2D eigenvalue weighted by Gasteiger charge is 2.25. The van der Waals surface area contributed by atoms with Gasteiger partial charge in [-0.1, -0.05) is 42.0 Å². The number of hydrogen-bond acceptors (Lipinski definition) is 4. The van der Waals surface area contributed by atoms with E-state index in [1.165, 1.54) is 11.6 Å². The molecule has 6 aromatic rings. The van der Waals surface area contributed by atoms with Crippen molar-refractivity contribution < 1.29 is 4.74 Å². The molecule has 0 N–H and O–H groups in total. The highest BCUT2D eigenvalue weighted by molar-refractivity contribution is 6.11. The minimum absolute atomic E-state index is 0.336. The molecule has 6 rings (SSSR count). The number of para-hydroxylation sites is 2. The summed E-state index contributed by atoms with van der Waals surface area (Å²) in [6.45, 7) is 2.03. The van der Waals surface area contributed by atoms with Crippen molar-refractivity contribution in [2.45, 2.75) is 6.92 Å². The van der Waals surface area contributed by atoms with Gasteiger partial charge in [-0.2, -0.15) is 0 Å². The van der Waals surface area contributed by atoms with E-state index >= 15 is 0 Å². The molecule has 0 atom stereocenters. The predicted octanol–water partition coefficient (Wildman–Crippen LogP) is 4.69. The largest absolute Gasteiger partial charge is 0.497 e. The molecule has 0 saturated carbocycles. The summed E-state index contributed by atoms with van der Waals surface area (Å²) in [6.07, 6.45) is 0. The van der Waals surface area contributed by atoms with Gasteiger partial charge in [0.05, 0.1) is 46.0 Å². The maximum atomic E-state index is 13.7. The zero-order chi connectivity index (χ0) is 25.1. The van der Waals surface area contributed by atoms with Gasteiger partial charge in [-0.15, -0.1) is 0 Å². The predicted molar refractivity (Wildman–Crippen MR) is 143 cm³/mol. The summed E-state index contributed by atoms with van der Waals surface area (Å²) in [7, 11) is 4.85. The van der Waals surface area contributed by atoms with Gasteiger partial charge in [-0.25, -0.2) is 9.78 Å². The van der Waals surface area contributed by atoms with Crippen molar-refractivity contribution in [3.05, 3.63) is 99.2 Å². The van der Waals surface area contributed by atoms with E-state index in [0.717, 1.165) is 39.2 Å². The molecular formula is C29H24N4O3. The molecule has 0 radical (unpaired) electrons. The number of aromatic nitrogens is 4. The first kappa shape index (κ1) is 21.9. The minimum Gasteiger partial charge on any atom is -0.497 e. The Morgan fingerprint density at radius 3 is 2.14 bits per heavy atom. The van der Waals surface area contributed by atoms with E-state index < -0.39 is 0 Å². The summed E-state index contributed by atoms with van der Waals surface area (Å²) in [6, 6.07) is 23.6. The quantitative estimate of drug-likeness (QED) is 0.372. The first-order valence-electron chi connectivity index (χ1n) is 11.6. The van der Waals surface area contributed by atoms with E-state index in [4.69, 9.17) is 9.72 Å². The Balaban J connectivity index is 1.94. The summed E-state index contributed by atoms with van der Waals surface area (Å²) >= 11 is 0. The summed E-state index contributed by atoms with van der Waals surface area (Å²) in [4.78, 5) is 31.8. The van der Waals surface area contributed by atoms with Crippen molar-refractivity contribution in [3.63, 3.8) is 0 Å². The molecule has 0 bridgehead atoms. The number of methoxy groups -OCH3 is 1. The van der Waals surface area contributed by atoms with Gasteiger partial charge in [0, 0.05) is 19.7 Å². The zero-order valence-corrected chi connectivity index (χ0v) is 20.4. The number of benzene rings is 3. The first-order chi connectivity index (χ1) is 17.4. The molecule has 0 unspecified atom stereocenters. The normalized spacial score (nSPS) is 11.6. The SMILES string of the molecule is COc1ccc(-c2nc3ccccc3n3c(-c4ccc(C)cc4)c4c(=O)n(C)c(=O)n(C)c4c23)cc1. The van der Waals surface area contributed by atoms with E-state index in [1.54, 1.807) is 18.7 Å². The van der Waals surface area contributed by atoms with Gasteiger partial charge in [-0.3, -0.25) is 13.9 Å². The summed E-state index contributed by atoms with van der Waals surface area (Å²) in [5.41, 5.74) is 6.47. The second-order valence-electron chi connectivity index (χ2n) is 9.01. The van der Waals surface area contributed by atoms with Crippen LogP contribution in [0.3, 0.4) is 0 Å². The van der Waals surface area contributed by atoms with E-state index in [0.29, 0.717) is 22.1 Å². The number of ether oxygens (including phenoxy) is 1. The number of aryl methyl sites for hydroxylation is 2. The van der Waals surface area contributed by atoms with Crippen molar-refractivity contribution in [3.8, 4) is 28.3 Å². The second kappa shape index (κ2) is 7.95. The molecule has 3 heterocycles. The Morgan fingerprint density at radius 1 is 0.778 bits per heavy atom. The molecule has 178 valence electrons. The Morgan fingerprint density at radius 2 is 1.44 bits per heavy atom.